The third-order valence-corrected chi connectivity index (χ3v) is 3.95. The molecule has 1 aliphatic heterocycles. The van der Waals surface area contributed by atoms with Crippen LogP contribution in [0.4, 0.5) is 0 Å². The van der Waals surface area contributed by atoms with Crippen molar-refractivity contribution >= 4 is 0 Å². The number of nitrogens with zero attached hydrogens (tertiary/aromatic N) is 3. The fraction of sp³-hybridized carbons (Fsp3) is 0.471. The van der Waals surface area contributed by atoms with Crippen LogP contribution in [0.2, 0.25) is 0 Å². The number of benzene rings is 1. The first kappa shape index (κ1) is 14.1. The molecule has 0 saturated heterocycles. The molecule has 4 nitrogen and oxygen atoms in total. The van der Waals surface area contributed by atoms with Gasteiger partial charge in [-0.05, 0) is 31.5 Å². The molecule has 3 rings (SSSR count). The van der Waals surface area contributed by atoms with Crippen LogP contribution in [0.3, 0.4) is 0 Å². The summed E-state index contributed by atoms with van der Waals surface area (Å²) < 4.78 is 7.81. The van der Waals surface area contributed by atoms with E-state index in [4.69, 9.17) is 4.74 Å². The molecule has 0 N–H and O–H groups in total. The largest absolute Gasteiger partial charge is 0.492 e. The third-order valence-electron chi connectivity index (χ3n) is 3.95. The molecule has 0 aliphatic carbocycles. The van der Waals surface area contributed by atoms with Gasteiger partial charge in [-0.15, -0.1) is 0 Å². The molecular weight excluding hydrogens is 262 g/mol. The minimum atomic E-state index is 0.796. The van der Waals surface area contributed by atoms with E-state index in [0.29, 0.717) is 0 Å². The number of rotatable bonds is 6. The number of hydrogen-bond acceptors (Lipinski definition) is 3. The van der Waals surface area contributed by atoms with Gasteiger partial charge in [0, 0.05) is 37.6 Å². The predicted octanol–water partition coefficient (Wildman–Crippen LogP) is 2.95. The summed E-state index contributed by atoms with van der Waals surface area (Å²) >= 11 is 0. The Bertz CT molecular complexity index is 539. The smallest absolute Gasteiger partial charge is 0.123 e. The Morgan fingerprint density at radius 1 is 1.05 bits per heavy atom. The van der Waals surface area contributed by atoms with Crippen LogP contribution in [0, 0.1) is 0 Å². The van der Waals surface area contributed by atoms with Gasteiger partial charge in [0.15, 0.2) is 0 Å². The van der Waals surface area contributed by atoms with Crippen LogP contribution in [-0.4, -0.2) is 34.4 Å². The highest BCUT2D eigenvalue weighted by Crippen LogP contribution is 2.22. The normalized spacial score (nSPS) is 15.2. The lowest BCUT2D eigenvalue weighted by Gasteiger charge is -2.19. The SMILES string of the molecule is c1ccc2c(c1)CN(CCCCCn1cccn1)CCO2. The van der Waals surface area contributed by atoms with Crippen molar-refractivity contribution in [2.24, 2.45) is 0 Å². The summed E-state index contributed by atoms with van der Waals surface area (Å²) in [6.07, 6.45) is 7.56. The number of aromatic nitrogens is 2. The quantitative estimate of drug-likeness (QED) is 0.764. The zero-order chi connectivity index (χ0) is 14.3. The fourth-order valence-electron chi connectivity index (χ4n) is 2.79. The van der Waals surface area contributed by atoms with Crippen molar-refractivity contribution in [3.05, 3.63) is 48.3 Å². The average molecular weight is 285 g/mol. The van der Waals surface area contributed by atoms with Gasteiger partial charge in [0.1, 0.15) is 12.4 Å². The second-order valence-corrected chi connectivity index (χ2v) is 5.56. The van der Waals surface area contributed by atoms with Crippen LogP contribution in [-0.2, 0) is 13.1 Å². The Balaban J connectivity index is 1.39. The van der Waals surface area contributed by atoms with Crippen molar-refractivity contribution in [1.29, 1.82) is 0 Å². The monoisotopic (exact) mass is 285 g/mol. The third kappa shape index (κ3) is 4.08. The summed E-state index contributed by atoms with van der Waals surface area (Å²) in [5.74, 6) is 1.05. The molecule has 0 bridgehead atoms. The maximum Gasteiger partial charge on any atom is 0.123 e. The molecule has 0 fully saturated rings. The first-order chi connectivity index (χ1) is 10.4. The van der Waals surface area contributed by atoms with Gasteiger partial charge in [-0.1, -0.05) is 24.6 Å². The molecule has 2 heterocycles. The van der Waals surface area contributed by atoms with Crippen molar-refractivity contribution in [2.45, 2.75) is 32.4 Å². The highest BCUT2D eigenvalue weighted by molar-refractivity contribution is 5.33. The Hall–Kier alpha value is -1.81. The number of para-hydroxylation sites is 1. The van der Waals surface area contributed by atoms with Crippen LogP contribution < -0.4 is 4.74 Å². The number of ether oxygens (including phenoxy) is 1. The number of hydrogen-bond donors (Lipinski definition) is 0. The van der Waals surface area contributed by atoms with E-state index in [1.54, 1.807) is 0 Å². The zero-order valence-corrected chi connectivity index (χ0v) is 12.4. The average Bonchev–Trinajstić information content (AvgIpc) is 2.93. The molecule has 0 atom stereocenters. The van der Waals surface area contributed by atoms with E-state index in [1.807, 2.05) is 29.2 Å². The number of aryl methyl sites for hydroxylation is 1. The molecule has 0 unspecified atom stereocenters. The Kier molecular flexibility index (Phi) is 4.90. The van der Waals surface area contributed by atoms with Gasteiger partial charge < -0.3 is 4.74 Å². The van der Waals surface area contributed by atoms with Gasteiger partial charge >= 0.3 is 0 Å². The molecule has 1 aliphatic rings. The van der Waals surface area contributed by atoms with Crippen LogP contribution >= 0.6 is 0 Å². The highest BCUT2D eigenvalue weighted by atomic mass is 16.5. The van der Waals surface area contributed by atoms with E-state index in [9.17, 15) is 0 Å². The lowest BCUT2D eigenvalue weighted by Crippen LogP contribution is -2.26. The Labute approximate surface area is 126 Å². The van der Waals surface area contributed by atoms with Gasteiger partial charge in [0.05, 0.1) is 0 Å². The van der Waals surface area contributed by atoms with E-state index < -0.39 is 0 Å². The molecule has 0 amide bonds. The van der Waals surface area contributed by atoms with E-state index in [-0.39, 0.29) is 0 Å². The van der Waals surface area contributed by atoms with Gasteiger partial charge in [0.25, 0.3) is 0 Å². The van der Waals surface area contributed by atoms with Gasteiger partial charge in [-0.3, -0.25) is 9.58 Å². The number of fused-ring (bicyclic) bond motifs is 1. The zero-order valence-electron chi connectivity index (χ0n) is 12.4. The molecule has 1 aromatic carbocycles. The van der Waals surface area contributed by atoms with Crippen molar-refractivity contribution in [2.75, 3.05) is 19.7 Å². The number of unbranched alkanes of at least 4 members (excludes halogenated alkanes) is 2. The van der Waals surface area contributed by atoms with Gasteiger partial charge in [0.2, 0.25) is 0 Å². The van der Waals surface area contributed by atoms with Crippen molar-refractivity contribution < 1.29 is 4.74 Å². The fourth-order valence-corrected chi connectivity index (χ4v) is 2.79. The summed E-state index contributed by atoms with van der Waals surface area (Å²) in [5.41, 5.74) is 1.31. The van der Waals surface area contributed by atoms with Gasteiger partial charge in [-0.2, -0.15) is 5.10 Å². The van der Waals surface area contributed by atoms with Crippen LogP contribution in [0.1, 0.15) is 24.8 Å². The second-order valence-electron chi connectivity index (χ2n) is 5.56. The maximum absolute atomic E-state index is 5.80. The minimum absolute atomic E-state index is 0.796. The predicted molar refractivity (Wildman–Crippen MR) is 83.3 cm³/mol. The summed E-state index contributed by atoms with van der Waals surface area (Å²) in [6.45, 7) is 5.00. The summed E-state index contributed by atoms with van der Waals surface area (Å²) in [6, 6.07) is 10.4. The summed E-state index contributed by atoms with van der Waals surface area (Å²) in [7, 11) is 0. The van der Waals surface area contributed by atoms with Crippen LogP contribution in [0.5, 0.6) is 5.75 Å². The highest BCUT2D eigenvalue weighted by Gasteiger charge is 2.13. The molecule has 0 radical (unpaired) electrons. The molecular formula is C17H23N3O. The van der Waals surface area contributed by atoms with Crippen molar-refractivity contribution in [3.63, 3.8) is 0 Å². The topological polar surface area (TPSA) is 30.3 Å². The van der Waals surface area contributed by atoms with Crippen molar-refractivity contribution in [3.8, 4) is 5.75 Å². The van der Waals surface area contributed by atoms with E-state index >= 15 is 0 Å². The van der Waals surface area contributed by atoms with Crippen LogP contribution in [0.15, 0.2) is 42.7 Å². The van der Waals surface area contributed by atoms with E-state index in [0.717, 1.165) is 38.5 Å². The first-order valence-electron chi connectivity index (χ1n) is 7.82. The molecule has 4 heteroatoms. The molecule has 1 aromatic heterocycles. The first-order valence-corrected chi connectivity index (χ1v) is 7.82. The molecule has 0 saturated carbocycles. The molecule has 21 heavy (non-hydrogen) atoms. The Morgan fingerprint density at radius 3 is 2.86 bits per heavy atom. The lowest BCUT2D eigenvalue weighted by molar-refractivity contribution is 0.222. The van der Waals surface area contributed by atoms with E-state index in [1.165, 1.54) is 24.8 Å². The van der Waals surface area contributed by atoms with E-state index in [2.05, 4.69) is 28.2 Å². The molecule has 0 spiro atoms. The lowest BCUT2D eigenvalue weighted by atomic mass is 10.2. The van der Waals surface area contributed by atoms with Crippen molar-refractivity contribution in [1.82, 2.24) is 14.7 Å². The Morgan fingerprint density at radius 2 is 1.95 bits per heavy atom. The molecule has 112 valence electrons. The maximum atomic E-state index is 5.80. The molecule has 2 aromatic rings. The van der Waals surface area contributed by atoms with Crippen LogP contribution in [0.25, 0.3) is 0 Å². The summed E-state index contributed by atoms with van der Waals surface area (Å²) in [4.78, 5) is 2.50. The minimum Gasteiger partial charge on any atom is -0.492 e. The standard InChI is InChI=1S/C17H23N3O/c1(5-11-20-12-6-9-18-20)4-10-19-13-14-21-17-8-3-2-7-16(17)15-19/h2-3,6-9,12H,1,4-5,10-11,13-15H2. The second kappa shape index (κ2) is 7.27. The summed E-state index contributed by atoms with van der Waals surface area (Å²) in [5, 5.41) is 4.23. The van der Waals surface area contributed by atoms with Gasteiger partial charge in [-0.25, -0.2) is 0 Å².